The molecule has 0 aromatic heterocycles. The highest BCUT2D eigenvalue weighted by molar-refractivity contribution is 5.83. The summed E-state index contributed by atoms with van der Waals surface area (Å²) in [5, 5.41) is 0. The molecule has 1 rings (SSSR count). The normalized spacial score (nSPS) is 28.0. The van der Waals surface area contributed by atoms with Gasteiger partial charge in [-0.15, -0.1) is 0 Å². The minimum absolute atomic E-state index is 0.300. The van der Waals surface area contributed by atoms with Crippen LogP contribution < -0.4 is 5.73 Å². The third-order valence-corrected chi connectivity index (χ3v) is 3.56. The zero-order chi connectivity index (χ0) is 10.6. The quantitative estimate of drug-likeness (QED) is 0.752. The van der Waals surface area contributed by atoms with E-state index in [0.717, 1.165) is 38.5 Å². The van der Waals surface area contributed by atoms with Gasteiger partial charge in [0.1, 0.15) is 5.78 Å². The molecule has 0 heterocycles. The second-order valence-corrected chi connectivity index (χ2v) is 4.53. The summed E-state index contributed by atoms with van der Waals surface area (Å²) >= 11 is 0. The highest BCUT2D eigenvalue weighted by atomic mass is 16.1. The van der Waals surface area contributed by atoms with Crippen LogP contribution in [-0.2, 0) is 4.79 Å². The van der Waals surface area contributed by atoms with E-state index in [1.807, 2.05) is 0 Å². The van der Waals surface area contributed by atoms with Gasteiger partial charge in [-0.3, -0.25) is 4.79 Å². The Morgan fingerprint density at radius 2 is 1.71 bits per heavy atom. The molecule has 2 N–H and O–H groups in total. The summed E-state index contributed by atoms with van der Waals surface area (Å²) in [6.07, 6.45) is 6.12. The molecular formula is C12H23NO. The van der Waals surface area contributed by atoms with Crippen LogP contribution in [0.4, 0.5) is 0 Å². The number of rotatable bonds is 4. The van der Waals surface area contributed by atoms with E-state index in [0.29, 0.717) is 23.7 Å². The van der Waals surface area contributed by atoms with Crippen LogP contribution in [0.15, 0.2) is 0 Å². The first kappa shape index (κ1) is 11.7. The summed E-state index contributed by atoms with van der Waals surface area (Å²) in [6, 6.07) is 0.348. The van der Waals surface area contributed by atoms with E-state index in [9.17, 15) is 4.79 Å². The standard InChI is InChI=1S/C12H23NO/c1-3-9(4-2)12(14)10-5-7-11(13)8-6-10/h9-11H,3-8,13H2,1-2H3. The lowest BCUT2D eigenvalue weighted by Crippen LogP contribution is -2.32. The summed E-state index contributed by atoms with van der Waals surface area (Å²) in [4.78, 5) is 12.0. The van der Waals surface area contributed by atoms with Crippen LogP contribution in [-0.4, -0.2) is 11.8 Å². The molecule has 0 amide bonds. The first-order valence-corrected chi connectivity index (χ1v) is 5.98. The average Bonchev–Trinajstić information content (AvgIpc) is 2.20. The zero-order valence-corrected chi connectivity index (χ0v) is 9.46. The first-order chi connectivity index (χ1) is 6.69. The molecule has 0 aliphatic heterocycles. The number of Topliss-reactive ketones (excluding diaryl/α,β-unsaturated/α-hetero) is 1. The van der Waals surface area contributed by atoms with Gasteiger partial charge in [-0.05, 0) is 38.5 Å². The van der Waals surface area contributed by atoms with Crippen molar-refractivity contribution in [1.82, 2.24) is 0 Å². The fraction of sp³-hybridized carbons (Fsp3) is 0.917. The van der Waals surface area contributed by atoms with Crippen LogP contribution in [0.3, 0.4) is 0 Å². The molecule has 1 saturated carbocycles. The van der Waals surface area contributed by atoms with Crippen LogP contribution >= 0.6 is 0 Å². The van der Waals surface area contributed by atoms with Crippen molar-refractivity contribution >= 4 is 5.78 Å². The Balaban J connectivity index is 2.44. The van der Waals surface area contributed by atoms with Crippen molar-refractivity contribution < 1.29 is 4.79 Å². The molecule has 0 spiro atoms. The van der Waals surface area contributed by atoms with Crippen LogP contribution in [0.1, 0.15) is 52.4 Å². The van der Waals surface area contributed by atoms with Gasteiger partial charge in [-0.1, -0.05) is 13.8 Å². The topological polar surface area (TPSA) is 43.1 Å². The zero-order valence-electron chi connectivity index (χ0n) is 9.46. The number of carbonyl (C=O) groups is 1. The molecule has 0 aromatic carbocycles. The van der Waals surface area contributed by atoms with Gasteiger partial charge in [0.2, 0.25) is 0 Å². The molecule has 14 heavy (non-hydrogen) atoms. The average molecular weight is 197 g/mol. The summed E-state index contributed by atoms with van der Waals surface area (Å²) in [7, 11) is 0. The number of carbonyl (C=O) groups excluding carboxylic acids is 1. The smallest absolute Gasteiger partial charge is 0.139 e. The van der Waals surface area contributed by atoms with Crippen LogP contribution in [0.25, 0.3) is 0 Å². The lowest BCUT2D eigenvalue weighted by Gasteiger charge is -2.27. The molecule has 82 valence electrons. The second kappa shape index (κ2) is 5.50. The van der Waals surface area contributed by atoms with Crippen molar-refractivity contribution in [2.45, 2.75) is 58.4 Å². The van der Waals surface area contributed by atoms with Gasteiger partial charge < -0.3 is 5.73 Å². The molecule has 0 radical (unpaired) electrons. The lowest BCUT2D eigenvalue weighted by molar-refractivity contribution is -0.128. The molecule has 0 saturated heterocycles. The third kappa shape index (κ3) is 2.81. The Bertz CT molecular complexity index is 179. The number of nitrogens with two attached hydrogens (primary N) is 1. The maximum Gasteiger partial charge on any atom is 0.139 e. The number of hydrogen-bond acceptors (Lipinski definition) is 2. The van der Waals surface area contributed by atoms with Gasteiger partial charge in [-0.2, -0.15) is 0 Å². The monoisotopic (exact) mass is 197 g/mol. The molecule has 2 nitrogen and oxygen atoms in total. The summed E-state index contributed by atoms with van der Waals surface area (Å²) in [5.74, 6) is 1.12. The highest BCUT2D eigenvalue weighted by Gasteiger charge is 2.27. The number of hydrogen-bond donors (Lipinski definition) is 1. The molecule has 0 bridgehead atoms. The molecule has 2 heteroatoms. The van der Waals surface area contributed by atoms with Gasteiger partial charge in [0.05, 0.1) is 0 Å². The second-order valence-electron chi connectivity index (χ2n) is 4.53. The van der Waals surface area contributed by atoms with Crippen molar-refractivity contribution in [2.75, 3.05) is 0 Å². The van der Waals surface area contributed by atoms with Crippen molar-refractivity contribution in [1.29, 1.82) is 0 Å². The molecule has 1 fully saturated rings. The molecular weight excluding hydrogens is 174 g/mol. The maximum atomic E-state index is 12.0. The molecule has 0 aromatic rings. The van der Waals surface area contributed by atoms with E-state index in [4.69, 9.17) is 5.73 Å². The van der Waals surface area contributed by atoms with Crippen molar-refractivity contribution in [3.05, 3.63) is 0 Å². The van der Waals surface area contributed by atoms with Gasteiger partial charge in [0, 0.05) is 17.9 Å². The van der Waals surface area contributed by atoms with E-state index < -0.39 is 0 Å². The van der Waals surface area contributed by atoms with Gasteiger partial charge in [0.15, 0.2) is 0 Å². The fourth-order valence-electron chi connectivity index (χ4n) is 2.43. The minimum atomic E-state index is 0.300. The molecule has 1 aliphatic rings. The van der Waals surface area contributed by atoms with Crippen molar-refractivity contribution in [2.24, 2.45) is 17.6 Å². The largest absolute Gasteiger partial charge is 0.328 e. The Labute approximate surface area is 87.2 Å². The lowest BCUT2D eigenvalue weighted by atomic mass is 9.79. The fourth-order valence-corrected chi connectivity index (χ4v) is 2.43. The highest BCUT2D eigenvalue weighted by Crippen LogP contribution is 2.28. The van der Waals surface area contributed by atoms with Crippen molar-refractivity contribution in [3.8, 4) is 0 Å². The van der Waals surface area contributed by atoms with Gasteiger partial charge >= 0.3 is 0 Å². The van der Waals surface area contributed by atoms with Crippen LogP contribution in [0.2, 0.25) is 0 Å². The Hall–Kier alpha value is -0.370. The molecule has 0 atom stereocenters. The third-order valence-electron chi connectivity index (χ3n) is 3.56. The predicted molar refractivity (Wildman–Crippen MR) is 59.0 cm³/mol. The van der Waals surface area contributed by atoms with Crippen LogP contribution in [0, 0.1) is 11.8 Å². The van der Waals surface area contributed by atoms with E-state index in [1.165, 1.54) is 0 Å². The Kier molecular flexibility index (Phi) is 4.59. The summed E-state index contributed by atoms with van der Waals surface area (Å²) in [5.41, 5.74) is 5.83. The van der Waals surface area contributed by atoms with Gasteiger partial charge in [0.25, 0.3) is 0 Å². The SMILES string of the molecule is CCC(CC)C(=O)C1CCC(N)CC1. The Morgan fingerprint density at radius 1 is 1.21 bits per heavy atom. The van der Waals surface area contributed by atoms with E-state index in [1.54, 1.807) is 0 Å². The summed E-state index contributed by atoms with van der Waals surface area (Å²) in [6.45, 7) is 4.22. The summed E-state index contributed by atoms with van der Waals surface area (Å²) < 4.78 is 0. The van der Waals surface area contributed by atoms with E-state index in [-0.39, 0.29) is 0 Å². The maximum absolute atomic E-state index is 12.0. The van der Waals surface area contributed by atoms with Crippen molar-refractivity contribution in [3.63, 3.8) is 0 Å². The van der Waals surface area contributed by atoms with E-state index in [2.05, 4.69) is 13.8 Å². The van der Waals surface area contributed by atoms with E-state index >= 15 is 0 Å². The molecule has 1 aliphatic carbocycles. The minimum Gasteiger partial charge on any atom is -0.328 e. The predicted octanol–water partition coefficient (Wildman–Crippen LogP) is 2.51. The molecule has 0 unspecified atom stereocenters. The van der Waals surface area contributed by atoms with Gasteiger partial charge in [-0.25, -0.2) is 0 Å². The van der Waals surface area contributed by atoms with Crippen LogP contribution in [0.5, 0.6) is 0 Å². The number of ketones is 1. The first-order valence-electron chi connectivity index (χ1n) is 5.98. The Morgan fingerprint density at radius 3 is 2.14 bits per heavy atom.